The first-order valence-corrected chi connectivity index (χ1v) is 12.2. The predicted molar refractivity (Wildman–Crippen MR) is 134 cm³/mol. The van der Waals surface area contributed by atoms with Crippen molar-refractivity contribution < 1.29 is 19.1 Å². The van der Waals surface area contributed by atoms with Gasteiger partial charge in [0, 0.05) is 28.4 Å². The number of nitrogens with zero attached hydrogens (tertiary/aromatic N) is 2. The van der Waals surface area contributed by atoms with Crippen molar-refractivity contribution in [3.63, 3.8) is 0 Å². The number of methoxy groups -OCH3 is 2. The summed E-state index contributed by atoms with van der Waals surface area (Å²) in [6.45, 7) is 0.805. The summed E-state index contributed by atoms with van der Waals surface area (Å²) in [6, 6.07) is 20.1. The molecule has 0 bridgehead atoms. The van der Waals surface area contributed by atoms with Gasteiger partial charge in [0.2, 0.25) is 0 Å². The maximum Gasteiger partial charge on any atom is 0.268 e. The highest BCUT2D eigenvalue weighted by Gasteiger charge is 2.59. The molecule has 5 rings (SSSR count). The van der Waals surface area contributed by atoms with Crippen LogP contribution < -0.4 is 14.4 Å². The molecule has 0 radical (unpaired) electrons. The van der Waals surface area contributed by atoms with Crippen LogP contribution >= 0.6 is 23.4 Å². The molecule has 2 heterocycles. The molecule has 0 aliphatic carbocycles. The van der Waals surface area contributed by atoms with E-state index in [1.54, 1.807) is 54.4 Å². The highest BCUT2D eigenvalue weighted by Crippen LogP contribution is 2.55. The van der Waals surface area contributed by atoms with Crippen molar-refractivity contribution in [1.29, 1.82) is 0 Å². The molecular formula is C26H23ClN2O4S. The highest BCUT2D eigenvalue weighted by molar-refractivity contribution is 8.01. The lowest BCUT2D eigenvalue weighted by Crippen LogP contribution is -2.50. The van der Waals surface area contributed by atoms with E-state index >= 15 is 0 Å². The highest BCUT2D eigenvalue weighted by atomic mass is 35.5. The summed E-state index contributed by atoms with van der Waals surface area (Å²) in [4.78, 5) is 30.1. The molecule has 0 N–H and O–H groups in total. The van der Waals surface area contributed by atoms with Gasteiger partial charge in [0.25, 0.3) is 11.8 Å². The average Bonchev–Trinajstić information content (AvgIpc) is 3.40. The number of thioether (sulfide) groups is 1. The smallest absolute Gasteiger partial charge is 0.268 e. The van der Waals surface area contributed by atoms with E-state index in [1.165, 1.54) is 11.8 Å². The predicted octanol–water partition coefficient (Wildman–Crippen LogP) is 4.95. The molecule has 2 aliphatic rings. The summed E-state index contributed by atoms with van der Waals surface area (Å²) in [5.74, 6) is 1.59. The minimum atomic E-state index is -1.17. The number of benzene rings is 3. The number of carbonyl (C=O) groups excluding carboxylic acids is 2. The maximum atomic E-state index is 14.1. The Bertz CT molecular complexity index is 1280. The molecule has 6 nitrogen and oxygen atoms in total. The molecule has 1 saturated heterocycles. The van der Waals surface area contributed by atoms with Gasteiger partial charge in [-0.3, -0.25) is 9.59 Å². The number of amides is 2. The summed E-state index contributed by atoms with van der Waals surface area (Å²) >= 11 is 7.86. The van der Waals surface area contributed by atoms with Gasteiger partial charge in [0.1, 0.15) is 11.5 Å². The van der Waals surface area contributed by atoms with E-state index in [9.17, 15) is 9.59 Å². The van der Waals surface area contributed by atoms with Crippen LogP contribution in [0.2, 0.25) is 5.02 Å². The van der Waals surface area contributed by atoms with E-state index in [1.807, 2.05) is 36.4 Å². The van der Waals surface area contributed by atoms with Gasteiger partial charge >= 0.3 is 0 Å². The Balaban J connectivity index is 1.58. The molecule has 0 aromatic heterocycles. The van der Waals surface area contributed by atoms with E-state index in [0.717, 1.165) is 22.6 Å². The lowest BCUT2D eigenvalue weighted by Gasteiger charge is -2.33. The van der Waals surface area contributed by atoms with Crippen molar-refractivity contribution in [3.8, 4) is 11.5 Å². The van der Waals surface area contributed by atoms with E-state index in [2.05, 4.69) is 0 Å². The minimum Gasteiger partial charge on any atom is -0.497 e. The van der Waals surface area contributed by atoms with Gasteiger partial charge in [-0.05, 0) is 54.1 Å². The molecule has 8 heteroatoms. The van der Waals surface area contributed by atoms with Gasteiger partial charge in [-0.1, -0.05) is 29.8 Å². The van der Waals surface area contributed by atoms with Crippen molar-refractivity contribution in [2.24, 2.45) is 0 Å². The molecule has 2 aliphatic heterocycles. The largest absolute Gasteiger partial charge is 0.497 e. The van der Waals surface area contributed by atoms with Gasteiger partial charge in [0.15, 0.2) is 4.87 Å². The molecule has 0 saturated carbocycles. The topological polar surface area (TPSA) is 59.1 Å². The fourth-order valence-corrected chi connectivity index (χ4v) is 6.23. The number of ether oxygens (including phenoxy) is 2. The number of fused-ring (bicyclic) bond motifs is 2. The van der Waals surface area contributed by atoms with Gasteiger partial charge in [-0.15, -0.1) is 11.8 Å². The van der Waals surface area contributed by atoms with Gasteiger partial charge in [-0.2, -0.15) is 0 Å². The van der Waals surface area contributed by atoms with Crippen LogP contribution in [-0.2, 0) is 16.2 Å². The molecule has 1 unspecified atom stereocenters. The van der Waals surface area contributed by atoms with Crippen molar-refractivity contribution in [1.82, 2.24) is 4.90 Å². The van der Waals surface area contributed by atoms with Gasteiger partial charge < -0.3 is 19.3 Å². The van der Waals surface area contributed by atoms with Crippen LogP contribution in [0.1, 0.15) is 21.5 Å². The Morgan fingerprint density at radius 1 is 1.03 bits per heavy atom. The third kappa shape index (κ3) is 3.60. The van der Waals surface area contributed by atoms with Crippen molar-refractivity contribution >= 4 is 40.9 Å². The first-order chi connectivity index (χ1) is 16.5. The maximum absolute atomic E-state index is 14.1. The molecule has 3 aromatic rings. The lowest BCUT2D eigenvalue weighted by molar-refractivity contribution is -0.123. The normalized spacial score (nSPS) is 19.0. The zero-order valence-corrected chi connectivity index (χ0v) is 20.4. The lowest BCUT2D eigenvalue weighted by atomic mass is 10.0. The Morgan fingerprint density at radius 2 is 1.76 bits per heavy atom. The fourth-order valence-electron chi connectivity index (χ4n) is 4.61. The third-order valence-corrected chi connectivity index (χ3v) is 7.85. The summed E-state index contributed by atoms with van der Waals surface area (Å²) in [6.07, 6.45) is 0. The zero-order chi connectivity index (χ0) is 23.9. The second-order valence-corrected chi connectivity index (χ2v) is 9.81. The quantitative estimate of drug-likeness (QED) is 0.502. The monoisotopic (exact) mass is 494 g/mol. The molecule has 1 spiro atoms. The second-order valence-electron chi connectivity index (χ2n) is 8.09. The Kier molecular flexibility index (Phi) is 5.91. The van der Waals surface area contributed by atoms with E-state index in [4.69, 9.17) is 21.1 Å². The first-order valence-electron chi connectivity index (χ1n) is 10.8. The average molecular weight is 495 g/mol. The van der Waals surface area contributed by atoms with Crippen LogP contribution in [0.15, 0.2) is 66.7 Å². The standard InChI is InChI=1S/C26H23ClN2O4S/c1-32-20-7-3-5-17(13-20)16-28-23-10-9-19(27)15-22(23)26(25(28)31)29(11-12-34-26)24(30)18-6-4-8-21(14-18)33-2/h3-10,13-15H,11-12,16H2,1-2H3. The fraction of sp³-hybridized carbons (Fsp3) is 0.231. The van der Waals surface area contributed by atoms with E-state index < -0.39 is 4.87 Å². The van der Waals surface area contributed by atoms with Crippen LogP contribution in [0, 0.1) is 0 Å². The Hall–Kier alpha value is -3.16. The number of halogens is 1. The molecule has 34 heavy (non-hydrogen) atoms. The summed E-state index contributed by atoms with van der Waals surface area (Å²) in [7, 11) is 3.18. The van der Waals surface area contributed by atoms with Crippen molar-refractivity contribution in [2.75, 3.05) is 31.4 Å². The van der Waals surface area contributed by atoms with Crippen LogP contribution in [0.4, 0.5) is 5.69 Å². The number of anilines is 1. The number of hydrogen-bond acceptors (Lipinski definition) is 5. The molecule has 2 amide bonds. The van der Waals surface area contributed by atoms with E-state index in [-0.39, 0.29) is 11.8 Å². The van der Waals surface area contributed by atoms with Gasteiger partial charge in [-0.25, -0.2) is 0 Å². The van der Waals surface area contributed by atoms with Crippen molar-refractivity contribution in [2.45, 2.75) is 11.4 Å². The first kappa shape index (κ1) is 22.6. The zero-order valence-electron chi connectivity index (χ0n) is 18.8. The summed E-state index contributed by atoms with van der Waals surface area (Å²) < 4.78 is 10.7. The second kappa shape index (κ2) is 8.89. The number of rotatable bonds is 5. The van der Waals surface area contributed by atoms with Crippen molar-refractivity contribution in [3.05, 3.63) is 88.4 Å². The van der Waals surface area contributed by atoms with Crippen LogP contribution in [0.25, 0.3) is 0 Å². The minimum absolute atomic E-state index is 0.147. The Labute approximate surface area is 207 Å². The number of carbonyl (C=O) groups is 2. The van der Waals surface area contributed by atoms with Gasteiger partial charge in [0.05, 0.1) is 26.5 Å². The van der Waals surface area contributed by atoms with Crippen LogP contribution in [0.5, 0.6) is 11.5 Å². The molecule has 174 valence electrons. The molecule has 1 fully saturated rings. The van der Waals surface area contributed by atoms with Crippen LogP contribution in [0.3, 0.4) is 0 Å². The SMILES string of the molecule is COc1cccc(CN2C(=O)C3(SCCN3C(=O)c3cccc(OC)c3)c3cc(Cl)ccc32)c1. The van der Waals surface area contributed by atoms with E-state index in [0.29, 0.717) is 35.2 Å². The molecule has 1 atom stereocenters. The Morgan fingerprint density at radius 3 is 2.53 bits per heavy atom. The van der Waals surface area contributed by atoms with Crippen LogP contribution in [-0.4, -0.2) is 43.2 Å². The number of hydrogen-bond donors (Lipinski definition) is 0. The summed E-state index contributed by atoms with van der Waals surface area (Å²) in [5.41, 5.74) is 2.91. The third-order valence-electron chi connectivity index (χ3n) is 6.19. The molecule has 3 aromatic carbocycles. The molecular weight excluding hydrogens is 472 g/mol. The summed E-state index contributed by atoms with van der Waals surface area (Å²) in [5, 5.41) is 0.524.